The van der Waals surface area contributed by atoms with Crippen LogP contribution in [0.3, 0.4) is 0 Å². The number of nitrogens with zero attached hydrogens (tertiary/aromatic N) is 2. The van der Waals surface area contributed by atoms with Crippen molar-refractivity contribution in [3.8, 4) is 6.07 Å². The Kier molecular flexibility index (Phi) is 3.24. The topological polar surface area (TPSA) is 53.8 Å². The first-order chi connectivity index (χ1) is 8.47. The highest BCUT2D eigenvalue weighted by Crippen LogP contribution is 2.39. The van der Waals surface area contributed by atoms with Crippen molar-refractivity contribution in [3.05, 3.63) is 35.5 Å². The normalized spacial score (nSPS) is 11.4. The summed E-state index contributed by atoms with van der Waals surface area (Å²) >= 11 is 0. The van der Waals surface area contributed by atoms with Crippen LogP contribution in [-0.2, 0) is 11.0 Å². The maximum Gasteiger partial charge on any atom is 0.141 e. The van der Waals surface area contributed by atoms with Crippen LogP contribution in [0.2, 0.25) is 0 Å². The Morgan fingerprint density at radius 2 is 2.00 bits per heavy atom. The minimum absolute atomic E-state index is 0.389. The summed E-state index contributed by atoms with van der Waals surface area (Å²) in [4.78, 5) is 4.26. The van der Waals surface area contributed by atoms with E-state index >= 15 is 0 Å². The van der Waals surface area contributed by atoms with Gasteiger partial charge < -0.3 is 4.57 Å². The number of fused-ring (bicyclic) bond motifs is 1. The monoisotopic (exact) mass is 258 g/mol. The molecule has 0 spiro atoms. The summed E-state index contributed by atoms with van der Waals surface area (Å²) in [6.07, 6.45) is 0.844. The summed E-state index contributed by atoms with van der Waals surface area (Å²) < 4.78 is 12.5. The maximum atomic E-state index is 12.5. The fraction of sp³-hybridized carbons (Fsp3) is 0.286. The molecule has 0 bridgehead atoms. The van der Waals surface area contributed by atoms with Gasteiger partial charge in [-0.05, 0) is 43.5 Å². The molecule has 92 valence electrons. The van der Waals surface area contributed by atoms with E-state index in [1.54, 1.807) is 19.4 Å². The van der Waals surface area contributed by atoms with Gasteiger partial charge in [-0.25, -0.2) is 4.98 Å². The van der Waals surface area contributed by atoms with Crippen molar-refractivity contribution in [2.75, 3.05) is 13.3 Å². The lowest BCUT2D eigenvalue weighted by molar-refractivity contribution is 0.588. The van der Waals surface area contributed by atoms with Gasteiger partial charge in [-0.3, -0.25) is 0 Å². The van der Waals surface area contributed by atoms with Crippen molar-refractivity contribution >= 4 is 23.3 Å². The van der Waals surface area contributed by atoms with Crippen LogP contribution in [0, 0.1) is 11.3 Å². The molecule has 0 radical (unpaired) electrons. The Bertz CT molecular complexity index is 695. The quantitative estimate of drug-likeness (QED) is 0.778. The van der Waals surface area contributed by atoms with E-state index in [1.165, 1.54) is 0 Å². The van der Waals surface area contributed by atoms with E-state index in [4.69, 9.17) is 5.26 Å². The predicted octanol–water partition coefficient (Wildman–Crippen LogP) is 2.92. The van der Waals surface area contributed by atoms with Gasteiger partial charge in [0.25, 0.3) is 0 Å². The SMILES string of the molecule is CCc1ccc2nc(C#N)ccc2c1P(C)(C)=O. The van der Waals surface area contributed by atoms with E-state index in [-0.39, 0.29) is 0 Å². The van der Waals surface area contributed by atoms with Crippen molar-refractivity contribution in [2.45, 2.75) is 13.3 Å². The lowest BCUT2D eigenvalue weighted by Gasteiger charge is -2.15. The molecule has 0 saturated heterocycles. The van der Waals surface area contributed by atoms with Gasteiger partial charge in [0.05, 0.1) is 5.52 Å². The maximum absolute atomic E-state index is 12.5. The van der Waals surface area contributed by atoms with Crippen LogP contribution in [0.25, 0.3) is 10.9 Å². The summed E-state index contributed by atoms with van der Waals surface area (Å²) in [5.74, 6) is 0. The fourth-order valence-electron chi connectivity index (χ4n) is 2.22. The molecule has 0 atom stereocenters. The van der Waals surface area contributed by atoms with Gasteiger partial charge in [-0.2, -0.15) is 5.26 Å². The molecule has 2 aromatic rings. The van der Waals surface area contributed by atoms with Crippen LogP contribution in [0.5, 0.6) is 0 Å². The van der Waals surface area contributed by atoms with Crippen molar-refractivity contribution in [1.82, 2.24) is 4.98 Å². The molecule has 1 heterocycles. The number of nitriles is 1. The average Bonchev–Trinajstić information content (AvgIpc) is 2.35. The predicted molar refractivity (Wildman–Crippen MR) is 74.9 cm³/mol. The first kappa shape index (κ1) is 12.8. The van der Waals surface area contributed by atoms with Gasteiger partial charge in [-0.15, -0.1) is 0 Å². The summed E-state index contributed by atoms with van der Waals surface area (Å²) in [5, 5.41) is 10.7. The first-order valence-corrected chi connectivity index (χ1v) is 8.45. The summed E-state index contributed by atoms with van der Waals surface area (Å²) in [7, 11) is -2.36. The van der Waals surface area contributed by atoms with Gasteiger partial charge in [0, 0.05) is 10.7 Å². The van der Waals surface area contributed by atoms with Crippen LogP contribution >= 0.6 is 7.14 Å². The van der Waals surface area contributed by atoms with E-state index in [0.717, 1.165) is 28.2 Å². The van der Waals surface area contributed by atoms with Crippen LogP contribution in [0.15, 0.2) is 24.3 Å². The Morgan fingerprint density at radius 3 is 2.56 bits per heavy atom. The van der Waals surface area contributed by atoms with Gasteiger partial charge in [-0.1, -0.05) is 13.0 Å². The van der Waals surface area contributed by atoms with Gasteiger partial charge in [0.15, 0.2) is 0 Å². The number of aromatic nitrogens is 1. The molecule has 1 aromatic heterocycles. The Morgan fingerprint density at radius 1 is 1.28 bits per heavy atom. The second kappa shape index (κ2) is 4.55. The first-order valence-electron chi connectivity index (χ1n) is 5.85. The summed E-state index contributed by atoms with van der Waals surface area (Å²) in [6, 6.07) is 9.42. The van der Waals surface area contributed by atoms with Gasteiger partial charge in [0.1, 0.15) is 18.9 Å². The van der Waals surface area contributed by atoms with Crippen LogP contribution < -0.4 is 5.30 Å². The van der Waals surface area contributed by atoms with Crippen molar-refractivity contribution < 1.29 is 4.57 Å². The number of benzene rings is 1. The number of aryl methyl sites for hydroxylation is 1. The highest BCUT2D eigenvalue weighted by Gasteiger charge is 2.19. The van der Waals surface area contributed by atoms with Crippen molar-refractivity contribution in [3.63, 3.8) is 0 Å². The lowest BCUT2D eigenvalue weighted by Crippen LogP contribution is -2.12. The third-order valence-corrected chi connectivity index (χ3v) is 4.57. The third kappa shape index (κ3) is 2.17. The number of pyridine rings is 1. The number of rotatable bonds is 2. The zero-order chi connectivity index (χ0) is 13.3. The second-order valence-electron chi connectivity index (χ2n) is 4.65. The molecule has 0 amide bonds. The van der Waals surface area contributed by atoms with E-state index in [1.807, 2.05) is 24.3 Å². The highest BCUT2D eigenvalue weighted by atomic mass is 31.2. The molecular formula is C14H15N2OP. The van der Waals surface area contributed by atoms with Crippen molar-refractivity contribution in [2.24, 2.45) is 0 Å². The van der Waals surface area contributed by atoms with Crippen molar-refractivity contribution in [1.29, 1.82) is 5.26 Å². The highest BCUT2D eigenvalue weighted by molar-refractivity contribution is 7.70. The Labute approximate surface area is 107 Å². The molecule has 0 aliphatic heterocycles. The second-order valence-corrected chi connectivity index (χ2v) is 7.80. The molecular weight excluding hydrogens is 243 g/mol. The largest absolute Gasteiger partial charge is 0.319 e. The standard InChI is InChI=1S/C14H15N2OP/c1-4-10-5-8-13-12(14(10)18(2,3)17)7-6-11(9-15)16-13/h5-8H,4H2,1-3H3. The fourth-order valence-corrected chi connectivity index (χ4v) is 3.91. The molecule has 0 aliphatic rings. The third-order valence-electron chi connectivity index (χ3n) is 2.96. The molecule has 0 unspecified atom stereocenters. The van der Waals surface area contributed by atoms with E-state index in [9.17, 15) is 4.57 Å². The molecule has 1 aromatic carbocycles. The molecule has 0 saturated carbocycles. The van der Waals surface area contributed by atoms with Gasteiger partial charge >= 0.3 is 0 Å². The minimum Gasteiger partial charge on any atom is -0.319 e. The zero-order valence-electron chi connectivity index (χ0n) is 10.8. The number of hydrogen-bond donors (Lipinski definition) is 0. The Balaban J connectivity index is 2.88. The molecule has 3 nitrogen and oxygen atoms in total. The van der Waals surface area contributed by atoms with Gasteiger partial charge in [0.2, 0.25) is 0 Å². The van der Waals surface area contributed by atoms with E-state index < -0.39 is 7.14 Å². The number of hydrogen-bond acceptors (Lipinski definition) is 3. The van der Waals surface area contributed by atoms with Crippen LogP contribution in [0.4, 0.5) is 0 Å². The molecule has 2 rings (SSSR count). The van der Waals surface area contributed by atoms with Crippen LogP contribution in [-0.4, -0.2) is 18.3 Å². The molecule has 0 fully saturated rings. The molecule has 0 aliphatic carbocycles. The average molecular weight is 258 g/mol. The van der Waals surface area contributed by atoms with E-state index in [0.29, 0.717) is 5.69 Å². The zero-order valence-corrected chi connectivity index (χ0v) is 11.7. The summed E-state index contributed by atoms with van der Waals surface area (Å²) in [6.45, 7) is 5.61. The molecule has 18 heavy (non-hydrogen) atoms. The summed E-state index contributed by atoms with van der Waals surface area (Å²) in [5.41, 5.74) is 2.23. The smallest absolute Gasteiger partial charge is 0.141 e. The Hall–Kier alpha value is -1.65. The molecule has 4 heteroatoms. The molecule has 0 N–H and O–H groups in total. The minimum atomic E-state index is -2.36. The van der Waals surface area contributed by atoms with E-state index in [2.05, 4.69) is 11.9 Å². The lowest BCUT2D eigenvalue weighted by atomic mass is 10.1. The van der Waals surface area contributed by atoms with Crippen LogP contribution in [0.1, 0.15) is 18.2 Å².